The Hall–Kier alpha value is -2.54. The largest absolute Gasteiger partial charge is 0.490 e. The van der Waals surface area contributed by atoms with Gasteiger partial charge in [0.25, 0.3) is 5.91 Å². The number of rotatable bonds is 8. The molecule has 0 unspecified atom stereocenters. The van der Waals surface area contributed by atoms with Crippen LogP contribution in [0.2, 0.25) is 0 Å². The van der Waals surface area contributed by atoms with E-state index in [0.29, 0.717) is 31.3 Å². The summed E-state index contributed by atoms with van der Waals surface area (Å²) in [5, 5.41) is 8.31. The molecule has 0 spiro atoms. The maximum Gasteiger partial charge on any atom is 0.315 e. The quantitative estimate of drug-likeness (QED) is 0.521. The molecule has 154 valence electrons. The lowest BCUT2D eigenvalue weighted by atomic mass is 10.2. The van der Waals surface area contributed by atoms with Crippen molar-refractivity contribution >= 4 is 27.9 Å². The number of halogens is 1. The maximum atomic E-state index is 12.0. The van der Waals surface area contributed by atoms with E-state index in [9.17, 15) is 9.59 Å². The summed E-state index contributed by atoms with van der Waals surface area (Å²) >= 11 is 3.33. The van der Waals surface area contributed by atoms with Gasteiger partial charge >= 0.3 is 6.03 Å². The molecule has 29 heavy (non-hydrogen) atoms. The molecule has 3 N–H and O–H groups in total. The van der Waals surface area contributed by atoms with Gasteiger partial charge in [-0.15, -0.1) is 0 Å². The van der Waals surface area contributed by atoms with Gasteiger partial charge in [0.15, 0.2) is 0 Å². The molecule has 1 aliphatic carbocycles. The van der Waals surface area contributed by atoms with Gasteiger partial charge in [-0.25, -0.2) is 4.79 Å². The third-order valence-corrected chi connectivity index (χ3v) is 5.31. The number of benzene rings is 2. The molecule has 2 aromatic rings. The lowest BCUT2D eigenvalue weighted by Gasteiger charge is -2.13. The maximum absolute atomic E-state index is 12.0. The molecular formula is C22H26BrN3O3. The van der Waals surface area contributed by atoms with Crippen LogP contribution in [0.4, 0.5) is 4.79 Å². The van der Waals surface area contributed by atoms with Crippen LogP contribution in [0, 0.1) is 0 Å². The number of carbonyl (C=O) groups excluding carboxylic acids is 2. The fraction of sp³-hybridized carbons (Fsp3) is 0.364. The van der Waals surface area contributed by atoms with Crippen LogP contribution < -0.4 is 20.7 Å². The van der Waals surface area contributed by atoms with Crippen molar-refractivity contribution in [3.8, 4) is 5.75 Å². The monoisotopic (exact) mass is 459 g/mol. The molecule has 0 aliphatic heterocycles. The minimum Gasteiger partial charge on any atom is -0.490 e. The molecule has 0 atom stereocenters. The van der Waals surface area contributed by atoms with Crippen LogP contribution in [0.5, 0.6) is 5.75 Å². The second-order valence-corrected chi connectivity index (χ2v) is 7.96. The zero-order chi connectivity index (χ0) is 20.5. The molecule has 0 radical (unpaired) electrons. The van der Waals surface area contributed by atoms with Gasteiger partial charge in [-0.1, -0.05) is 28.1 Å². The van der Waals surface area contributed by atoms with E-state index in [-0.39, 0.29) is 11.9 Å². The Labute approximate surface area is 179 Å². The number of amides is 3. The van der Waals surface area contributed by atoms with Crippen molar-refractivity contribution in [2.75, 3.05) is 13.1 Å². The zero-order valence-electron chi connectivity index (χ0n) is 16.2. The second kappa shape index (κ2) is 10.9. The van der Waals surface area contributed by atoms with Gasteiger partial charge in [-0.2, -0.15) is 0 Å². The predicted molar refractivity (Wildman–Crippen MR) is 116 cm³/mol. The fourth-order valence-corrected chi connectivity index (χ4v) is 3.45. The average Bonchev–Trinajstić information content (AvgIpc) is 3.24. The van der Waals surface area contributed by atoms with Crippen LogP contribution >= 0.6 is 15.9 Å². The van der Waals surface area contributed by atoms with Crippen molar-refractivity contribution < 1.29 is 14.3 Å². The Morgan fingerprint density at radius 3 is 2.24 bits per heavy atom. The van der Waals surface area contributed by atoms with E-state index in [1.807, 2.05) is 36.4 Å². The summed E-state index contributed by atoms with van der Waals surface area (Å²) in [6.07, 6.45) is 5.10. The third-order valence-electron chi connectivity index (χ3n) is 4.78. The van der Waals surface area contributed by atoms with Crippen molar-refractivity contribution in [1.82, 2.24) is 16.0 Å². The molecule has 6 nitrogen and oxygen atoms in total. The van der Waals surface area contributed by atoms with E-state index in [1.54, 1.807) is 12.1 Å². The van der Waals surface area contributed by atoms with Gasteiger partial charge < -0.3 is 20.7 Å². The van der Waals surface area contributed by atoms with Crippen molar-refractivity contribution in [2.24, 2.45) is 0 Å². The highest BCUT2D eigenvalue weighted by Crippen LogP contribution is 2.24. The number of urea groups is 1. The summed E-state index contributed by atoms with van der Waals surface area (Å²) in [5.74, 6) is 0.714. The minimum atomic E-state index is -0.269. The summed E-state index contributed by atoms with van der Waals surface area (Å²) in [6, 6.07) is 14.7. The van der Waals surface area contributed by atoms with Crippen LogP contribution in [0.3, 0.4) is 0 Å². The molecule has 1 aliphatic rings. The lowest BCUT2D eigenvalue weighted by Crippen LogP contribution is -2.40. The van der Waals surface area contributed by atoms with Crippen LogP contribution in [0.15, 0.2) is 53.0 Å². The highest BCUT2D eigenvalue weighted by atomic mass is 79.9. The number of hydrogen-bond acceptors (Lipinski definition) is 3. The average molecular weight is 460 g/mol. The van der Waals surface area contributed by atoms with Gasteiger partial charge in [0.1, 0.15) is 5.75 Å². The molecule has 1 fully saturated rings. The van der Waals surface area contributed by atoms with Crippen LogP contribution in [0.1, 0.15) is 41.6 Å². The Kier molecular flexibility index (Phi) is 7.93. The van der Waals surface area contributed by atoms with Gasteiger partial charge in [-0.05, 0) is 67.6 Å². The number of carbonyl (C=O) groups is 2. The highest BCUT2D eigenvalue weighted by Gasteiger charge is 2.16. The first-order valence-electron chi connectivity index (χ1n) is 9.91. The highest BCUT2D eigenvalue weighted by molar-refractivity contribution is 9.10. The van der Waals surface area contributed by atoms with Crippen LogP contribution in [-0.2, 0) is 6.54 Å². The minimum absolute atomic E-state index is 0.167. The van der Waals surface area contributed by atoms with Crippen molar-refractivity contribution in [1.29, 1.82) is 0 Å². The van der Waals surface area contributed by atoms with E-state index in [2.05, 4.69) is 31.9 Å². The summed E-state index contributed by atoms with van der Waals surface area (Å²) < 4.78 is 6.86. The lowest BCUT2D eigenvalue weighted by molar-refractivity contribution is 0.0954. The molecule has 0 saturated heterocycles. The molecule has 3 rings (SSSR count). The summed E-state index contributed by atoms with van der Waals surface area (Å²) in [5.41, 5.74) is 1.58. The van der Waals surface area contributed by atoms with Crippen molar-refractivity contribution in [2.45, 2.75) is 38.3 Å². The zero-order valence-corrected chi connectivity index (χ0v) is 17.8. The van der Waals surface area contributed by atoms with E-state index >= 15 is 0 Å². The molecular weight excluding hydrogens is 434 g/mol. The summed E-state index contributed by atoms with van der Waals surface area (Å²) in [6.45, 7) is 1.14. The smallest absolute Gasteiger partial charge is 0.315 e. The standard InChI is InChI=1S/C22H26BrN3O3/c23-18-9-7-17(8-10-18)21(27)24-13-14-25-22(28)26-15-16-5-11-20(12-6-16)29-19-3-1-2-4-19/h5-12,19H,1-4,13-15H2,(H,24,27)(H2,25,26,28). The first kappa shape index (κ1) is 21.2. The molecule has 2 aromatic carbocycles. The predicted octanol–water partition coefficient (Wildman–Crippen LogP) is 4.00. The van der Waals surface area contributed by atoms with E-state index < -0.39 is 0 Å². The fourth-order valence-electron chi connectivity index (χ4n) is 3.18. The molecule has 3 amide bonds. The first-order valence-corrected chi connectivity index (χ1v) is 10.7. The van der Waals surface area contributed by atoms with Gasteiger partial charge in [0.05, 0.1) is 6.10 Å². The Morgan fingerprint density at radius 2 is 1.55 bits per heavy atom. The Morgan fingerprint density at radius 1 is 0.897 bits per heavy atom. The normalized spacial score (nSPS) is 13.7. The molecule has 0 bridgehead atoms. The van der Waals surface area contributed by atoms with Crippen molar-refractivity contribution in [3.63, 3.8) is 0 Å². The van der Waals surface area contributed by atoms with Crippen molar-refractivity contribution in [3.05, 3.63) is 64.1 Å². The van der Waals surface area contributed by atoms with E-state index in [1.165, 1.54) is 12.8 Å². The molecule has 0 heterocycles. The Balaban J connectivity index is 1.30. The molecule has 0 aromatic heterocycles. The Bertz CT molecular complexity index is 803. The van der Waals surface area contributed by atoms with E-state index in [0.717, 1.165) is 28.6 Å². The van der Waals surface area contributed by atoms with Gasteiger partial charge in [-0.3, -0.25) is 4.79 Å². The number of hydrogen-bond donors (Lipinski definition) is 3. The molecule has 1 saturated carbocycles. The van der Waals surface area contributed by atoms with Gasteiger partial charge in [0.2, 0.25) is 0 Å². The van der Waals surface area contributed by atoms with E-state index in [4.69, 9.17) is 4.74 Å². The van der Waals surface area contributed by atoms with Crippen LogP contribution in [-0.4, -0.2) is 31.1 Å². The number of ether oxygens (including phenoxy) is 1. The third kappa shape index (κ3) is 7.09. The second-order valence-electron chi connectivity index (χ2n) is 7.04. The summed E-state index contributed by atoms with van der Waals surface area (Å²) in [7, 11) is 0. The first-order chi connectivity index (χ1) is 14.1. The van der Waals surface area contributed by atoms with Gasteiger partial charge in [0, 0.05) is 29.7 Å². The topological polar surface area (TPSA) is 79.5 Å². The van der Waals surface area contributed by atoms with Crippen LogP contribution in [0.25, 0.3) is 0 Å². The number of nitrogens with one attached hydrogen (secondary N) is 3. The SMILES string of the molecule is O=C(NCCNC(=O)c1ccc(Br)cc1)NCc1ccc(OC2CCCC2)cc1. The summed E-state index contributed by atoms with van der Waals surface area (Å²) in [4.78, 5) is 23.9. The molecule has 7 heteroatoms.